The summed E-state index contributed by atoms with van der Waals surface area (Å²) in [6.07, 6.45) is 6.61. The topological polar surface area (TPSA) is 61.6 Å². The standard InChI is InChI=1S/C35H45FN4O2/c1-2-40-33(21-31(37-40)19-26-9-4-3-5-10-26)27-13-17-38(18-14-27)22-29-23-39(25-35(34(41)42)15-6-7-16-35)24-32(29)28-11-8-12-30(36)20-28/h3-5,8-12,20-21,27,29,32H,2,6-7,13-19,22-25H2,1H3,(H,41,42)/t29-,32+/m0/s1. The van der Waals surface area contributed by atoms with E-state index < -0.39 is 11.4 Å². The van der Waals surface area contributed by atoms with Crippen LogP contribution in [0, 0.1) is 17.2 Å². The Balaban J connectivity index is 1.12. The van der Waals surface area contributed by atoms with E-state index in [0.717, 1.165) is 95.5 Å². The number of hydrogen-bond donors (Lipinski definition) is 1. The summed E-state index contributed by atoms with van der Waals surface area (Å²) < 4.78 is 16.5. The molecule has 1 aromatic heterocycles. The summed E-state index contributed by atoms with van der Waals surface area (Å²) in [4.78, 5) is 17.3. The molecule has 6 rings (SSSR count). The van der Waals surface area contributed by atoms with Crippen LogP contribution in [0.2, 0.25) is 0 Å². The molecule has 0 spiro atoms. The molecule has 0 bridgehead atoms. The largest absolute Gasteiger partial charge is 0.481 e. The Morgan fingerprint density at radius 2 is 1.76 bits per heavy atom. The van der Waals surface area contributed by atoms with Crippen molar-refractivity contribution in [3.8, 4) is 0 Å². The monoisotopic (exact) mass is 572 g/mol. The Bertz CT molecular complexity index is 1340. The highest BCUT2D eigenvalue weighted by Gasteiger charge is 2.45. The first-order chi connectivity index (χ1) is 20.4. The smallest absolute Gasteiger partial charge is 0.310 e. The van der Waals surface area contributed by atoms with Crippen LogP contribution in [0.5, 0.6) is 0 Å². The molecular formula is C35H45FN4O2. The number of hydrogen-bond acceptors (Lipinski definition) is 4. The molecule has 6 nitrogen and oxygen atoms in total. The molecular weight excluding hydrogens is 527 g/mol. The first-order valence-electron chi connectivity index (χ1n) is 16.0. The van der Waals surface area contributed by atoms with Gasteiger partial charge < -0.3 is 14.9 Å². The third-order valence-electron chi connectivity index (χ3n) is 10.2. The van der Waals surface area contributed by atoms with Crippen LogP contribution in [-0.4, -0.2) is 69.9 Å². The molecule has 0 amide bonds. The molecule has 1 N–H and O–H groups in total. The number of piperidine rings is 1. The van der Waals surface area contributed by atoms with E-state index in [-0.39, 0.29) is 11.7 Å². The van der Waals surface area contributed by atoms with Crippen molar-refractivity contribution in [2.24, 2.45) is 11.3 Å². The second-order valence-electron chi connectivity index (χ2n) is 13.0. The summed E-state index contributed by atoms with van der Waals surface area (Å²) in [7, 11) is 0. The van der Waals surface area contributed by atoms with E-state index in [0.29, 0.717) is 18.4 Å². The lowest BCUT2D eigenvalue weighted by molar-refractivity contribution is -0.149. The van der Waals surface area contributed by atoms with E-state index in [1.165, 1.54) is 17.3 Å². The maximum atomic E-state index is 14.3. The molecule has 2 aliphatic heterocycles. The first-order valence-corrected chi connectivity index (χ1v) is 16.0. The van der Waals surface area contributed by atoms with Crippen molar-refractivity contribution < 1.29 is 14.3 Å². The molecule has 3 aromatic rings. The number of aliphatic carboxylic acids is 1. The van der Waals surface area contributed by atoms with Crippen LogP contribution in [0.15, 0.2) is 60.7 Å². The van der Waals surface area contributed by atoms with E-state index in [2.05, 4.69) is 63.9 Å². The summed E-state index contributed by atoms with van der Waals surface area (Å²) in [5, 5.41) is 15.1. The van der Waals surface area contributed by atoms with Crippen LogP contribution in [-0.2, 0) is 17.8 Å². The van der Waals surface area contributed by atoms with Crippen LogP contribution >= 0.6 is 0 Å². The average Bonchev–Trinajstić information content (AvgIpc) is 3.74. The quantitative estimate of drug-likeness (QED) is 0.315. The number of aryl methyl sites for hydroxylation is 1. The molecule has 2 aromatic carbocycles. The van der Waals surface area contributed by atoms with E-state index >= 15 is 0 Å². The number of nitrogens with zero attached hydrogens (tertiary/aromatic N) is 4. The predicted molar refractivity (Wildman–Crippen MR) is 163 cm³/mol. The molecule has 7 heteroatoms. The highest BCUT2D eigenvalue weighted by molar-refractivity contribution is 5.75. The van der Waals surface area contributed by atoms with Crippen molar-refractivity contribution >= 4 is 5.97 Å². The minimum Gasteiger partial charge on any atom is -0.481 e. The van der Waals surface area contributed by atoms with Gasteiger partial charge in [0.15, 0.2) is 0 Å². The fourth-order valence-electron chi connectivity index (χ4n) is 8.01. The van der Waals surface area contributed by atoms with Crippen molar-refractivity contribution in [1.82, 2.24) is 19.6 Å². The molecule has 0 radical (unpaired) electrons. The third kappa shape index (κ3) is 6.32. The highest BCUT2D eigenvalue weighted by Crippen LogP contribution is 2.42. The molecule has 3 heterocycles. The third-order valence-corrected chi connectivity index (χ3v) is 10.2. The van der Waals surface area contributed by atoms with Crippen LogP contribution in [0.1, 0.15) is 79.8 Å². The second kappa shape index (κ2) is 12.7. The Hall–Kier alpha value is -3.03. The number of carboxylic acids is 1. The summed E-state index contributed by atoms with van der Waals surface area (Å²) in [5.41, 5.74) is 4.22. The van der Waals surface area contributed by atoms with Gasteiger partial charge in [0, 0.05) is 56.7 Å². The fraction of sp³-hybridized carbons (Fsp3) is 0.543. The predicted octanol–water partition coefficient (Wildman–Crippen LogP) is 6.17. The minimum absolute atomic E-state index is 0.192. The summed E-state index contributed by atoms with van der Waals surface area (Å²) in [6.45, 7) is 8.40. The van der Waals surface area contributed by atoms with E-state index in [1.54, 1.807) is 6.07 Å². The molecule has 2 atom stereocenters. The van der Waals surface area contributed by atoms with Gasteiger partial charge in [0.2, 0.25) is 0 Å². The maximum Gasteiger partial charge on any atom is 0.310 e. The number of carbonyl (C=O) groups is 1. The van der Waals surface area contributed by atoms with Gasteiger partial charge in [-0.3, -0.25) is 9.48 Å². The number of benzene rings is 2. The Kier molecular flexibility index (Phi) is 8.77. The normalized spacial score (nSPS) is 23.5. The minimum atomic E-state index is -0.647. The summed E-state index contributed by atoms with van der Waals surface area (Å²) in [5.74, 6) is 0.241. The van der Waals surface area contributed by atoms with Gasteiger partial charge in [0.05, 0.1) is 11.1 Å². The highest BCUT2D eigenvalue weighted by atomic mass is 19.1. The zero-order chi connectivity index (χ0) is 29.1. The number of rotatable bonds is 10. The molecule has 2 saturated heterocycles. The zero-order valence-electron chi connectivity index (χ0n) is 24.9. The lowest BCUT2D eigenvalue weighted by Crippen LogP contribution is -2.41. The van der Waals surface area contributed by atoms with Gasteiger partial charge in [0.25, 0.3) is 0 Å². The lowest BCUT2D eigenvalue weighted by atomic mass is 9.85. The van der Waals surface area contributed by atoms with Crippen molar-refractivity contribution in [2.45, 2.75) is 70.3 Å². The van der Waals surface area contributed by atoms with Gasteiger partial charge >= 0.3 is 5.97 Å². The lowest BCUT2D eigenvalue weighted by Gasteiger charge is -2.35. The Morgan fingerprint density at radius 1 is 1.00 bits per heavy atom. The van der Waals surface area contributed by atoms with Crippen LogP contribution in [0.4, 0.5) is 4.39 Å². The SMILES string of the molecule is CCn1nc(Cc2ccccc2)cc1C1CCN(C[C@H]2CN(CC3(C(=O)O)CCCC3)C[C@@H]2c2cccc(F)c2)CC1. The van der Waals surface area contributed by atoms with Crippen molar-refractivity contribution in [1.29, 1.82) is 0 Å². The van der Waals surface area contributed by atoms with Crippen LogP contribution < -0.4 is 0 Å². The molecule has 224 valence electrons. The van der Waals surface area contributed by atoms with Gasteiger partial charge in [-0.25, -0.2) is 4.39 Å². The Labute approximate surface area is 249 Å². The number of likely N-dealkylation sites (tertiary alicyclic amines) is 2. The van der Waals surface area contributed by atoms with E-state index in [4.69, 9.17) is 5.10 Å². The molecule has 3 fully saturated rings. The molecule has 3 aliphatic rings. The fourth-order valence-corrected chi connectivity index (χ4v) is 8.01. The number of halogens is 1. The number of carboxylic acid groups (broad SMARTS) is 1. The van der Waals surface area contributed by atoms with Gasteiger partial charge in [-0.1, -0.05) is 55.3 Å². The summed E-state index contributed by atoms with van der Waals surface area (Å²) in [6, 6.07) is 20.0. The van der Waals surface area contributed by atoms with Gasteiger partial charge in [-0.05, 0) is 80.9 Å². The molecule has 0 unspecified atom stereocenters. The van der Waals surface area contributed by atoms with Crippen LogP contribution in [0.25, 0.3) is 0 Å². The first kappa shape index (κ1) is 29.1. The van der Waals surface area contributed by atoms with Gasteiger partial charge in [-0.2, -0.15) is 5.10 Å². The Morgan fingerprint density at radius 3 is 2.45 bits per heavy atom. The van der Waals surface area contributed by atoms with E-state index in [9.17, 15) is 14.3 Å². The molecule has 1 aliphatic carbocycles. The summed E-state index contributed by atoms with van der Waals surface area (Å²) >= 11 is 0. The zero-order valence-corrected chi connectivity index (χ0v) is 24.9. The van der Waals surface area contributed by atoms with Crippen molar-refractivity contribution in [2.75, 3.05) is 39.3 Å². The van der Waals surface area contributed by atoms with Crippen LogP contribution in [0.3, 0.4) is 0 Å². The van der Waals surface area contributed by atoms with Crippen molar-refractivity contribution in [3.63, 3.8) is 0 Å². The van der Waals surface area contributed by atoms with Gasteiger partial charge in [0.1, 0.15) is 5.82 Å². The second-order valence-corrected chi connectivity index (χ2v) is 13.0. The number of aromatic nitrogens is 2. The van der Waals surface area contributed by atoms with E-state index in [1.807, 2.05) is 6.07 Å². The maximum absolute atomic E-state index is 14.3. The molecule has 42 heavy (non-hydrogen) atoms. The van der Waals surface area contributed by atoms with Gasteiger partial charge in [-0.15, -0.1) is 0 Å². The molecule has 1 saturated carbocycles. The van der Waals surface area contributed by atoms with Crippen molar-refractivity contribution in [3.05, 3.63) is 89.0 Å². The average molecular weight is 573 g/mol.